The highest BCUT2D eigenvalue weighted by atomic mass is 19.1. The van der Waals surface area contributed by atoms with E-state index in [4.69, 9.17) is 0 Å². The summed E-state index contributed by atoms with van der Waals surface area (Å²) in [6.45, 7) is 4.74. The Morgan fingerprint density at radius 2 is 1.90 bits per heavy atom. The van der Waals surface area contributed by atoms with E-state index >= 15 is 0 Å². The van der Waals surface area contributed by atoms with Gasteiger partial charge in [-0.25, -0.2) is 4.39 Å². The minimum Gasteiger partial charge on any atom is -0.345 e. The highest BCUT2D eigenvalue weighted by Crippen LogP contribution is 2.22. The molecule has 0 spiro atoms. The van der Waals surface area contributed by atoms with Gasteiger partial charge >= 0.3 is 0 Å². The van der Waals surface area contributed by atoms with Crippen molar-refractivity contribution in [3.63, 3.8) is 0 Å². The van der Waals surface area contributed by atoms with Crippen LogP contribution < -0.4 is 0 Å². The van der Waals surface area contributed by atoms with Crippen LogP contribution in [0.15, 0.2) is 24.3 Å². The summed E-state index contributed by atoms with van der Waals surface area (Å²) in [5, 5.41) is 0. The molecule has 0 aliphatic carbocycles. The van der Waals surface area contributed by atoms with E-state index in [1.807, 2.05) is 11.9 Å². The van der Waals surface area contributed by atoms with Gasteiger partial charge in [-0.05, 0) is 51.4 Å². The van der Waals surface area contributed by atoms with E-state index in [-0.39, 0.29) is 30.1 Å². The van der Waals surface area contributed by atoms with Gasteiger partial charge < -0.3 is 14.7 Å². The normalized spacial score (nSPS) is 21.1. The highest BCUT2D eigenvalue weighted by molar-refractivity contribution is 5.83. The van der Waals surface area contributed by atoms with Gasteiger partial charge in [0.25, 0.3) is 0 Å². The summed E-state index contributed by atoms with van der Waals surface area (Å²) in [5.41, 5.74) is 0.500. The number of rotatable bonds is 7. The van der Waals surface area contributed by atoms with Gasteiger partial charge in [0.1, 0.15) is 5.82 Å². The number of benzene rings is 1. The second-order valence-electron chi connectivity index (χ2n) is 8.47. The zero-order valence-corrected chi connectivity index (χ0v) is 17.6. The maximum absolute atomic E-state index is 14.0. The van der Waals surface area contributed by atoms with Crippen LogP contribution in [0.25, 0.3) is 0 Å². The van der Waals surface area contributed by atoms with E-state index < -0.39 is 0 Å². The van der Waals surface area contributed by atoms with Crippen molar-refractivity contribution in [2.45, 2.75) is 51.5 Å². The van der Waals surface area contributed by atoms with E-state index in [0.29, 0.717) is 24.9 Å². The Kier molecular flexibility index (Phi) is 8.04. The van der Waals surface area contributed by atoms with E-state index in [1.165, 1.54) is 44.8 Å². The molecule has 2 saturated heterocycles. The number of amides is 2. The zero-order valence-electron chi connectivity index (χ0n) is 17.6. The van der Waals surface area contributed by atoms with Crippen molar-refractivity contribution in [2.75, 3.05) is 39.8 Å². The second kappa shape index (κ2) is 10.7. The third kappa shape index (κ3) is 6.26. The summed E-state index contributed by atoms with van der Waals surface area (Å²) in [7, 11) is 1.86. The molecule has 1 aromatic carbocycles. The second-order valence-corrected chi connectivity index (χ2v) is 8.47. The van der Waals surface area contributed by atoms with Crippen LogP contribution in [0.2, 0.25) is 0 Å². The third-order valence-electron chi connectivity index (χ3n) is 6.21. The van der Waals surface area contributed by atoms with Crippen LogP contribution >= 0.6 is 0 Å². The molecular formula is C23H34FN3O2. The Balaban J connectivity index is 1.47. The number of hydrogen-bond donors (Lipinski definition) is 0. The minimum absolute atomic E-state index is 0.00104. The van der Waals surface area contributed by atoms with Crippen LogP contribution in [-0.4, -0.2) is 66.3 Å². The Morgan fingerprint density at radius 3 is 2.62 bits per heavy atom. The molecule has 0 aromatic heterocycles. The standard InChI is InChI=1S/C23H34FN3O2/c1-25(13-8-16-26-14-6-2-3-7-15-26)23(29)20-11-12-22(28)27(18-20)17-19-9-4-5-10-21(19)24/h4-5,9-10,20H,2-3,6-8,11-18H2,1H3. The largest absolute Gasteiger partial charge is 0.345 e. The molecule has 29 heavy (non-hydrogen) atoms. The number of likely N-dealkylation sites (tertiary alicyclic amines) is 2. The van der Waals surface area contributed by atoms with E-state index in [1.54, 1.807) is 23.1 Å². The predicted octanol–water partition coefficient (Wildman–Crippen LogP) is 3.29. The lowest BCUT2D eigenvalue weighted by Crippen LogP contribution is -2.46. The topological polar surface area (TPSA) is 43.9 Å². The first-order valence-electron chi connectivity index (χ1n) is 11.0. The van der Waals surface area contributed by atoms with Crippen molar-refractivity contribution in [1.29, 1.82) is 0 Å². The van der Waals surface area contributed by atoms with Crippen LogP contribution in [0.3, 0.4) is 0 Å². The monoisotopic (exact) mass is 403 g/mol. The number of halogens is 1. The Labute approximate surface area is 173 Å². The molecule has 2 aliphatic heterocycles. The van der Waals surface area contributed by atoms with Crippen LogP contribution in [0.4, 0.5) is 4.39 Å². The molecule has 2 heterocycles. The maximum atomic E-state index is 14.0. The smallest absolute Gasteiger partial charge is 0.227 e. The van der Waals surface area contributed by atoms with E-state index in [9.17, 15) is 14.0 Å². The fourth-order valence-electron chi connectivity index (χ4n) is 4.41. The molecule has 0 saturated carbocycles. The quantitative estimate of drug-likeness (QED) is 0.702. The number of carbonyl (C=O) groups excluding carboxylic acids is 2. The van der Waals surface area contributed by atoms with Gasteiger partial charge in [-0.3, -0.25) is 9.59 Å². The molecule has 1 aromatic rings. The number of piperidine rings is 1. The van der Waals surface area contributed by atoms with E-state index in [2.05, 4.69) is 4.90 Å². The average molecular weight is 404 g/mol. The Hall–Kier alpha value is -1.95. The van der Waals surface area contributed by atoms with Gasteiger partial charge in [-0.1, -0.05) is 31.0 Å². The summed E-state index contributed by atoms with van der Waals surface area (Å²) in [4.78, 5) is 31.2. The maximum Gasteiger partial charge on any atom is 0.227 e. The first-order chi connectivity index (χ1) is 14.0. The fourth-order valence-corrected chi connectivity index (χ4v) is 4.41. The predicted molar refractivity (Wildman–Crippen MR) is 112 cm³/mol. The summed E-state index contributed by atoms with van der Waals surface area (Å²) >= 11 is 0. The molecule has 1 unspecified atom stereocenters. The minimum atomic E-state index is -0.306. The number of hydrogen-bond acceptors (Lipinski definition) is 3. The third-order valence-corrected chi connectivity index (χ3v) is 6.21. The first-order valence-corrected chi connectivity index (χ1v) is 11.0. The van der Waals surface area contributed by atoms with Gasteiger partial charge in [-0.15, -0.1) is 0 Å². The zero-order chi connectivity index (χ0) is 20.6. The molecule has 6 heteroatoms. The van der Waals surface area contributed by atoms with Crippen molar-refractivity contribution < 1.29 is 14.0 Å². The van der Waals surface area contributed by atoms with Crippen molar-refractivity contribution in [2.24, 2.45) is 5.92 Å². The molecule has 0 N–H and O–H groups in total. The lowest BCUT2D eigenvalue weighted by Gasteiger charge is -2.34. The molecule has 3 rings (SSSR count). The summed E-state index contributed by atoms with van der Waals surface area (Å²) < 4.78 is 14.0. The molecule has 2 fully saturated rings. The SMILES string of the molecule is CN(CCCN1CCCCCC1)C(=O)C1CCC(=O)N(Cc2ccccc2F)C1. The summed E-state index contributed by atoms with van der Waals surface area (Å²) in [6.07, 6.45) is 7.14. The molecular weight excluding hydrogens is 369 g/mol. The molecule has 160 valence electrons. The van der Waals surface area contributed by atoms with Crippen molar-refractivity contribution in [1.82, 2.24) is 14.7 Å². The first kappa shape index (κ1) is 21.8. The fraction of sp³-hybridized carbons (Fsp3) is 0.652. The van der Waals surface area contributed by atoms with Crippen LogP contribution in [0.5, 0.6) is 0 Å². The molecule has 0 radical (unpaired) electrons. The van der Waals surface area contributed by atoms with Crippen molar-refractivity contribution in [3.05, 3.63) is 35.6 Å². The van der Waals surface area contributed by atoms with Gasteiger partial charge in [0.15, 0.2) is 0 Å². The lowest BCUT2D eigenvalue weighted by atomic mass is 9.95. The molecule has 0 bridgehead atoms. The Bertz CT molecular complexity index is 688. The van der Waals surface area contributed by atoms with Crippen LogP contribution in [-0.2, 0) is 16.1 Å². The van der Waals surface area contributed by atoms with Crippen molar-refractivity contribution in [3.8, 4) is 0 Å². The van der Waals surface area contributed by atoms with E-state index in [0.717, 1.165) is 19.5 Å². The summed E-state index contributed by atoms with van der Waals surface area (Å²) in [6, 6.07) is 6.52. The summed E-state index contributed by atoms with van der Waals surface area (Å²) in [5.74, 6) is -0.393. The highest BCUT2D eigenvalue weighted by Gasteiger charge is 2.32. The van der Waals surface area contributed by atoms with Gasteiger partial charge in [0.05, 0.1) is 5.92 Å². The van der Waals surface area contributed by atoms with Gasteiger partial charge in [0, 0.05) is 38.7 Å². The Morgan fingerprint density at radius 1 is 1.17 bits per heavy atom. The number of nitrogens with zero attached hydrogens (tertiary/aromatic N) is 3. The van der Waals surface area contributed by atoms with Gasteiger partial charge in [0.2, 0.25) is 11.8 Å². The van der Waals surface area contributed by atoms with Crippen molar-refractivity contribution >= 4 is 11.8 Å². The molecule has 2 aliphatic rings. The lowest BCUT2D eigenvalue weighted by molar-refractivity contribution is -0.142. The van der Waals surface area contributed by atoms with Crippen LogP contribution in [0.1, 0.15) is 50.5 Å². The number of carbonyl (C=O) groups is 2. The van der Waals surface area contributed by atoms with Gasteiger partial charge in [-0.2, -0.15) is 0 Å². The molecule has 1 atom stereocenters. The molecule has 5 nitrogen and oxygen atoms in total. The van der Waals surface area contributed by atoms with Crippen LogP contribution in [0, 0.1) is 11.7 Å². The average Bonchev–Trinajstić information content (AvgIpc) is 2.99. The molecule has 2 amide bonds.